The van der Waals surface area contributed by atoms with Crippen LogP contribution < -0.4 is 0 Å². The average Bonchev–Trinajstić information content (AvgIpc) is 1.98. The predicted octanol–water partition coefficient (Wildman–Crippen LogP) is 2.35. The Morgan fingerprint density at radius 1 is 1.55 bits per heavy atom. The minimum atomic E-state index is 0.396. The van der Waals surface area contributed by atoms with Crippen LogP contribution in [0.5, 0.6) is 0 Å². The molecular weight excluding hydrogens is 274 g/mol. The van der Waals surface area contributed by atoms with Gasteiger partial charge in [0.05, 0.1) is 0 Å². The number of hydrogen-bond acceptors (Lipinski definition) is 2. The highest BCUT2D eigenvalue weighted by atomic mass is 79.9. The van der Waals surface area contributed by atoms with Gasteiger partial charge in [0, 0.05) is 17.1 Å². The summed E-state index contributed by atoms with van der Waals surface area (Å²) in [4.78, 5) is 14.2. The molecule has 4 heteroatoms. The second kappa shape index (κ2) is 3.97. The van der Waals surface area contributed by atoms with E-state index in [1.165, 1.54) is 0 Å². The zero-order valence-corrected chi connectivity index (χ0v) is 8.72. The van der Waals surface area contributed by atoms with Gasteiger partial charge in [-0.3, -0.25) is 0 Å². The van der Waals surface area contributed by atoms with E-state index in [1.807, 2.05) is 6.07 Å². The van der Waals surface area contributed by atoms with Crippen LogP contribution in [-0.4, -0.2) is 11.3 Å². The molecule has 0 aliphatic heterocycles. The van der Waals surface area contributed by atoms with Gasteiger partial charge in [-0.15, -0.1) is 0 Å². The summed E-state index contributed by atoms with van der Waals surface area (Å²) < 4.78 is 1.62. The molecule has 0 aliphatic carbocycles. The van der Waals surface area contributed by atoms with Crippen LogP contribution in [0.3, 0.4) is 0 Å². The third-order valence-electron chi connectivity index (χ3n) is 1.18. The van der Waals surface area contributed by atoms with E-state index in [0.29, 0.717) is 6.42 Å². The second-order valence-electron chi connectivity index (χ2n) is 1.97. The van der Waals surface area contributed by atoms with E-state index in [4.69, 9.17) is 0 Å². The van der Waals surface area contributed by atoms with Gasteiger partial charge in [-0.2, -0.15) is 0 Å². The maximum atomic E-state index is 10.2. The normalized spacial score (nSPS) is 9.64. The largest absolute Gasteiger partial charge is 0.303 e. The average molecular weight is 279 g/mol. The maximum absolute atomic E-state index is 10.2. The highest BCUT2D eigenvalue weighted by molar-refractivity contribution is 9.11. The van der Waals surface area contributed by atoms with E-state index in [1.54, 1.807) is 6.20 Å². The van der Waals surface area contributed by atoms with Gasteiger partial charge in [-0.05, 0) is 43.5 Å². The molecule has 0 atom stereocenters. The molecule has 1 rings (SSSR count). The van der Waals surface area contributed by atoms with Crippen molar-refractivity contribution in [2.75, 3.05) is 0 Å². The molecule has 0 aromatic carbocycles. The number of carbonyl (C=O) groups is 1. The van der Waals surface area contributed by atoms with Crippen molar-refractivity contribution < 1.29 is 4.79 Å². The quantitative estimate of drug-likeness (QED) is 0.614. The summed E-state index contributed by atoms with van der Waals surface area (Å²) in [6.45, 7) is 0. The monoisotopic (exact) mass is 277 g/mol. The van der Waals surface area contributed by atoms with Gasteiger partial charge >= 0.3 is 0 Å². The van der Waals surface area contributed by atoms with Crippen LogP contribution in [0, 0.1) is 0 Å². The molecule has 2 nitrogen and oxygen atoms in total. The molecule has 0 bridgehead atoms. The zero-order chi connectivity index (χ0) is 8.27. The fourth-order valence-corrected chi connectivity index (χ4v) is 1.45. The molecule has 0 aliphatic rings. The van der Waals surface area contributed by atoms with Crippen molar-refractivity contribution in [1.29, 1.82) is 0 Å². The summed E-state index contributed by atoms with van der Waals surface area (Å²) >= 11 is 6.51. The summed E-state index contributed by atoms with van der Waals surface area (Å²) in [6, 6.07) is 1.87. The first-order chi connectivity index (χ1) is 5.24. The van der Waals surface area contributed by atoms with Gasteiger partial charge < -0.3 is 4.79 Å². The first kappa shape index (κ1) is 8.87. The standard InChI is InChI=1S/C7H5Br2NO/c8-6-3-5(1-2-11)7(9)10-4-6/h2-4H,1H2. The molecule has 1 aromatic heterocycles. The predicted molar refractivity (Wildman–Crippen MR) is 49.4 cm³/mol. The van der Waals surface area contributed by atoms with Crippen molar-refractivity contribution in [2.45, 2.75) is 6.42 Å². The third-order valence-corrected chi connectivity index (χ3v) is 2.33. The van der Waals surface area contributed by atoms with E-state index < -0.39 is 0 Å². The van der Waals surface area contributed by atoms with Crippen LogP contribution in [0.4, 0.5) is 0 Å². The smallest absolute Gasteiger partial charge is 0.124 e. The van der Waals surface area contributed by atoms with Crippen molar-refractivity contribution in [3.8, 4) is 0 Å². The lowest BCUT2D eigenvalue weighted by Gasteiger charge is -1.98. The molecular formula is C7H5Br2NO. The molecule has 0 saturated carbocycles. The first-order valence-electron chi connectivity index (χ1n) is 2.97. The highest BCUT2D eigenvalue weighted by Crippen LogP contribution is 2.18. The molecule has 0 unspecified atom stereocenters. The highest BCUT2D eigenvalue weighted by Gasteiger charge is 1.99. The Morgan fingerprint density at radius 3 is 2.91 bits per heavy atom. The van der Waals surface area contributed by atoms with Crippen LogP contribution in [0.25, 0.3) is 0 Å². The Labute approximate surface area is 81.3 Å². The fourth-order valence-electron chi connectivity index (χ4n) is 0.697. The molecule has 58 valence electrons. The van der Waals surface area contributed by atoms with Crippen molar-refractivity contribution in [1.82, 2.24) is 4.98 Å². The lowest BCUT2D eigenvalue weighted by molar-refractivity contribution is -0.107. The van der Waals surface area contributed by atoms with Crippen molar-refractivity contribution in [2.24, 2.45) is 0 Å². The van der Waals surface area contributed by atoms with Gasteiger partial charge in [-0.1, -0.05) is 0 Å². The third kappa shape index (κ3) is 2.38. The number of pyridine rings is 1. The number of hydrogen-bond donors (Lipinski definition) is 0. The summed E-state index contributed by atoms with van der Waals surface area (Å²) in [5.41, 5.74) is 0.898. The Hall–Kier alpha value is -0.220. The van der Waals surface area contributed by atoms with Crippen molar-refractivity contribution in [3.63, 3.8) is 0 Å². The maximum Gasteiger partial charge on any atom is 0.124 e. The molecule has 11 heavy (non-hydrogen) atoms. The van der Waals surface area contributed by atoms with E-state index in [9.17, 15) is 4.79 Å². The number of rotatable bonds is 2. The molecule has 0 radical (unpaired) electrons. The molecule has 0 amide bonds. The summed E-state index contributed by atoms with van der Waals surface area (Å²) in [7, 11) is 0. The van der Waals surface area contributed by atoms with Gasteiger partial charge in [-0.25, -0.2) is 4.98 Å². The second-order valence-corrected chi connectivity index (χ2v) is 3.64. The molecule has 0 saturated heterocycles. The number of aldehydes is 1. The minimum Gasteiger partial charge on any atom is -0.303 e. The molecule has 0 spiro atoms. The Kier molecular flexibility index (Phi) is 3.20. The number of aromatic nitrogens is 1. The molecule has 1 heterocycles. The van der Waals surface area contributed by atoms with Gasteiger partial charge in [0.15, 0.2) is 0 Å². The SMILES string of the molecule is O=CCc1cc(Br)cnc1Br. The van der Waals surface area contributed by atoms with Crippen LogP contribution in [0.2, 0.25) is 0 Å². The van der Waals surface area contributed by atoms with Crippen LogP contribution in [0.1, 0.15) is 5.56 Å². The van der Waals surface area contributed by atoms with Crippen LogP contribution >= 0.6 is 31.9 Å². The summed E-state index contributed by atoms with van der Waals surface area (Å²) in [6.07, 6.45) is 2.93. The van der Waals surface area contributed by atoms with E-state index in [0.717, 1.165) is 20.9 Å². The molecule has 0 fully saturated rings. The lowest BCUT2D eigenvalue weighted by Crippen LogP contribution is -1.89. The van der Waals surface area contributed by atoms with Crippen molar-refractivity contribution in [3.05, 3.63) is 26.9 Å². The number of halogens is 2. The Balaban J connectivity index is 3.01. The molecule has 1 aromatic rings. The number of nitrogens with zero attached hydrogens (tertiary/aromatic N) is 1. The van der Waals surface area contributed by atoms with Gasteiger partial charge in [0.1, 0.15) is 10.9 Å². The van der Waals surface area contributed by atoms with Crippen LogP contribution in [0.15, 0.2) is 21.3 Å². The zero-order valence-electron chi connectivity index (χ0n) is 5.55. The Morgan fingerprint density at radius 2 is 2.27 bits per heavy atom. The van der Waals surface area contributed by atoms with Crippen LogP contribution in [-0.2, 0) is 11.2 Å². The summed E-state index contributed by atoms with van der Waals surface area (Å²) in [5.74, 6) is 0. The first-order valence-corrected chi connectivity index (χ1v) is 4.56. The number of carbonyl (C=O) groups excluding carboxylic acids is 1. The lowest BCUT2D eigenvalue weighted by atomic mass is 10.2. The van der Waals surface area contributed by atoms with E-state index in [-0.39, 0.29) is 0 Å². The molecule has 0 N–H and O–H groups in total. The minimum absolute atomic E-state index is 0.396. The fraction of sp³-hybridized carbons (Fsp3) is 0.143. The van der Waals surface area contributed by atoms with Gasteiger partial charge in [0.25, 0.3) is 0 Å². The van der Waals surface area contributed by atoms with E-state index in [2.05, 4.69) is 36.8 Å². The van der Waals surface area contributed by atoms with Crippen molar-refractivity contribution >= 4 is 38.1 Å². The van der Waals surface area contributed by atoms with E-state index >= 15 is 0 Å². The van der Waals surface area contributed by atoms with Gasteiger partial charge in [0.2, 0.25) is 0 Å². The Bertz CT molecular complexity index is 275. The topological polar surface area (TPSA) is 30.0 Å². The summed E-state index contributed by atoms with van der Waals surface area (Å²) in [5, 5.41) is 0.